The lowest BCUT2D eigenvalue weighted by Gasteiger charge is -2.15. The Hall–Kier alpha value is -1.84. The second-order valence-electron chi connectivity index (χ2n) is 4.84. The maximum Gasteiger partial charge on any atom is 0.119 e. The Morgan fingerprint density at radius 3 is 2.24 bits per heavy atom. The van der Waals surface area contributed by atoms with Crippen molar-refractivity contribution in [3.8, 4) is 16.9 Å². The van der Waals surface area contributed by atoms with E-state index >= 15 is 0 Å². The van der Waals surface area contributed by atoms with Crippen LogP contribution in [0.2, 0.25) is 0 Å². The average molecular weight is 285 g/mol. The van der Waals surface area contributed by atoms with Crippen molar-refractivity contribution >= 4 is 0 Å². The molecule has 0 saturated heterocycles. The van der Waals surface area contributed by atoms with E-state index in [0.29, 0.717) is 19.8 Å². The molecule has 0 fully saturated rings. The minimum Gasteiger partial charge on any atom is -0.493 e. The van der Waals surface area contributed by atoms with Crippen molar-refractivity contribution in [2.24, 2.45) is 5.73 Å². The maximum absolute atomic E-state index is 5.74. The molecule has 0 saturated carbocycles. The molecule has 2 rings (SSSR count). The van der Waals surface area contributed by atoms with Gasteiger partial charge in [-0.3, -0.25) is 0 Å². The molecule has 2 aromatic carbocycles. The van der Waals surface area contributed by atoms with E-state index in [2.05, 4.69) is 24.3 Å². The standard InChI is InChI=1S/C18H23NO2/c1-2-20-18(14-19)12-13-21-17-10-8-16(9-11-17)15-6-4-3-5-7-15/h3-11,18H,2,12-14,19H2,1H3. The highest BCUT2D eigenvalue weighted by atomic mass is 16.5. The van der Waals surface area contributed by atoms with E-state index in [0.717, 1.165) is 12.2 Å². The Kier molecular flexibility index (Phi) is 6.25. The zero-order valence-electron chi connectivity index (χ0n) is 12.5. The van der Waals surface area contributed by atoms with Gasteiger partial charge in [-0.25, -0.2) is 0 Å². The molecule has 0 bridgehead atoms. The Bertz CT molecular complexity index is 511. The summed E-state index contributed by atoms with van der Waals surface area (Å²) in [5.41, 5.74) is 8.05. The highest BCUT2D eigenvalue weighted by Gasteiger charge is 2.06. The van der Waals surface area contributed by atoms with E-state index < -0.39 is 0 Å². The van der Waals surface area contributed by atoms with Gasteiger partial charge in [0.2, 0.25) is 0 Å². The highest BCUT2D eigenvalue weighted by molar-refractivity contribution is 5.63. The molecular weight excluding hydrogens is 262 g/mol. The van der Waals surface area contributed by atoms with Gasteiger partial charge in [-0.1, -0.05) is 42.5 Å². The third-order valence-electron chi connectivity index (χ3n) is 3.34. The summed E-state index contributed by atoms with van der Waals surface area (Å²) in [4.78, 5) is 0. The number of ether oxygens (including phenoxy) is 2. The lowest BCUT2D eigenvalue weighted by atomic mass is 10.1. The molecule has 21 heavy (non-hydrogen) atoms. The zero-order valence-corrected chi connectivity index (χ0v) is 12.5. The molecular formula is C18H23NO2. The van der Waals surface area contributed by atoms with Crippen LogP contribution in [0, 0.1) is 0 Å². The van der Waals surface area contributed by atoms with Crippen molar-refractivity contribution in [3.63, 3.8) is 0 Å². The molecule has 0 aromatic heterocycles. The monoisotopic (exact) mass is 285 g/mol. The Balaban J connectivity index is 1.85. The van der Waals surface area contributed by atoms with Crippen molar-refractivity contribution in [3.05, 3.63) is 54.6 Å². The molecule has 3 heteroatoms. The fourth-order valence-electron chi connectivity index (χ4n) is 2.19. The molecule has 2 aromatic rings. The summed E-state index contributed by atoms with van der Waals surface area (Å²) in [5.74, 6) is 0.877. The second-order valence-corrected chi connectivity index (χ2v) is 4.84. The van der Waals surface area contributed by atoms with Crippen LogP contribution in [0.3, 0.4) is 0 Å². The minimum atomic E-state index is 0.0820. The molecule has 2 N–H and O–H groups in total. The van der Waals surface area contributed by atoms with Gasteiger partial charge in [-0.2, -0.15) is 0 Å². The van der Waals surface area contributed by atoms with Crippen LogP contribution >= 0.6 is 0 Å². The maximum atomic E-state index is 5.74. The molecule has 0 spiro atoms. The first kappa shape index (κ1) is 15.5. The van der Waals surface area contributed by atoms with E-state index in [1.165, 1.54) is 11.1 Å². The van der Waals surface area contributed by atoms with Crippen LogP contribution in [0.25, 0.3) is 11.1 Å². The van der Waals surface area contributed by atoms with Gasteiger partial charge in [0.25, 0.3) is 0 Å². The number of benzene rings is 2. The fraction of sp³-hybridized carbons (Fsp3) is 0.333. The Labute approximate surface area is 126 Å². The molecule has 0 amide bonds. The quantitative estimate of drug-likeness (QED) is 0.807. The van der Waals surface area contributed by atoms with E-state index in [-0.39, 0.29) is 6.10 Å². The predicted molar refractivity (Wildman–Crippen MR) is 86.5 cm³/mol. The molecule has 0 radical (unpaired) electrons. The van der Waals surface area contributed by atoms with Crippen molar-refractivity contribution in [2.75, 3.05) is 19.8 Å². The van der Waals surface area contributed by atoms with Crippen LogP contribution < -0.4 is 10.5 Å². The molecule has 0 heterocycles. The summed E-state index contributed by atoms with van der Waals surface area (Å²) in [6.45, 7) is 3.82. The number of rotatable bonds is 8. The molecule has 3 nitrogen and oxygen atoms in total. The van der Waals surface area contributed by atoms with Crippen LogP contribution in [-0.2, 0) is 4.74 Å². The fourth-order valence-corrected chi connectivity index (χ4v) is 2.19. The van der Waals surface area contributed by atoms with Crippen LogP contribution in [0.15, 0.2) is 54.6 Å². The van der Waals surface area contributed by atoms with Gasteiger partial charge in [0.15, 0.2) is 0 Å². The SMILES string of the molecule is CCOC(CN)CCOc1ccc(-c2ccccc2)cc1. The molecule has 1 atom stereocenters. The van der Waals surface area contributed by atoms with Gasteiger partial charge in [-0.05, 0) is 30.2 Å². The van der Waals surface area contributed by atoms with Crippen molar-refractivity contribution in [1.82, 2.24) is 0 Å². The first-order valence-corrected chi connectivity index (χ1v) is 7.43. The Morgan fingerprint density at radius 1 is 0.952 bits per heavy atom. The van der Waals surface area contributed by atoms with Crippen LogP contribution in [0.5, 0.6) is 5.75 Å². The van der Waals surface area contributed by atoms with Crippen molar-refractivity contribution in [1.29, 1.82) is 0 Å². The van der Waals surface area contributed by atoms with E-state index in [9.17, 15) is 0 Å². The highest BCUT2D eigenvalue weighted by Crippen LogP contribution is 2.22. The Morgan fingerprint density at radius 2 is 1.62 bits per heavy atom. The normalized spacial score (nSPS) is 12.1. The zero-order chi connectivity index (χ0) is 14.9. The predicted octanol–water partition coefficient (Wildman–Crippen LogP) is 3.49. The third-order valence-corrected chi connectivity index (χ3v) is 3.34. The summed E-state index contributed by atoms with van der Waals surface area (Å²) in [5, 5.41) is 0. The summed E-state index contributed by atoms with van der Waals surface area (Å²) < 4.78 is 11.2. The summed E-state index contributed by atoms with van der Waals surface area (Å²) in [6, 6.07) is 18.5. The van der Waals surface area contributed by atoms with Gasteiger partial charge in [0.05, 0.1) is 12.7 Å². The van der Waals surface area contributed by atoms with Crippen LogP contribution in [0.1, 0.15) is 13.3 Å². The molecule has 112 valence electrons. The smallest absolute Gasteiger partial charge is 0.119 e. The molecule has 0 aliphatic rings. The largest absolute Gasteiger partial charge is 0.493 e. The van der Waals surface area contributed by atoms with Gasteiger partial charge in [0, 0.05) is 19.6 Å². The van der Waals surface area contributed by atoms with Gasteiger partial charge in [-0.15, -0.1) is 0 Å². The summed E-state index contributed by atoms with van der Waals surface area (Å²) in [6.07, 6.45) is 0.892. The minimum absolute atomic E-state index is 0.0820. The second kappa shape index (κ2) is 8.45. The van der Waals surface area contributed by atoms with Crippen molar-refractivity contribution < 1.29 is 9.47 Å². The topological polar surface area (TPSA) is 44.5 Å². The van der Waals surface area contributed by atoms with Gasteiger partial charge >= 0.3 is 0 Å². The van der Waals surface area contributed by atoms with Gasteiger partial charge < -0.3 is 15.2 Å². The van der Waals surface area contributed by atoms with Crippen LogP contribution in [0.4, 0.5) is 0 Å². The molecule has 0 aliphatic carbocycles. The number of nitrogens with two attached hydrogens (primary N) is 1. The lowest BCUT2D eigenvalue weighted by molar-refractivity contribution is 0.0527. The van der Waals surface area contributed by atoms with E-state index in [1.54, 1.807) is 0 Å². The lowest BCUT2D eigenvalue weighted by Crippen LogP contribution is -2.25. The summed E-state index contributed by atoms with van der Waals surface area (Å²) in [7, 11) is 0. The molecule has 0 aliphatic heterocycles. The average Bonchev–Trinajstić information content (AvgIpc) is 2.55. The first-order chi connectivity index (χ1) is 10.3. The molecule has 1 unspecified atom stereocenters. The van der Waals surface area contributed by atoms with E-state index in [4.69, 9.17) is 15.2 Å². The summed E-state index contributed by atoms with van der Waals surface area (Å²) >= 11 is 0. The first-order valence-electron chi connectivity index (χ1n) is 7.43. The van der Waals surface area contributed by atoms with Crippen LogP contribution in [-0.4, -0.2) is 25.9 Å². The van der Waals surface area contributed by atoms with Crippen molar-refractivity contribution in [2.45, 2.75) is 19.4 Å². The number of hydrogen-bond acceptors (Lipinski definition) is 3. The third kappa shape index (κ3) is 4.88. The van der Waals surface area contributed by atoms with Gasteiger partial charge in [0.1, 0.15) is 5.75 Å². The number of hydrogen-bond donors (Lipinski definition) is 1. The van der Waals surface area contributed by atoms with E-state index in [1.807, 2.05) is 37.3 Å².